The number of hydrogen-bond acceptors (Lipinski definition) is 1. The molecule has 0 heterocycles. The van der Waals surface area contributed by atoms with E-state index in [4.69, 9.17) is 11.6 Å². The number of benzene rings is 1. The Morgan fingerprint density at radius 3 is 2.48 bits per heavy atom. The molecule has 0 spiro atoms. The van der Waals surface area contributed by atoms with Crippen molar-refractivity contribution in [1.29, 1.82) is 0 Å². The molecule has 1 saturated carbocycles. The summed E-state index contributed by atoms with van der Waals surface area (Å²) in [6, 6.07) is 5.24. The van der Waals surface area contributed by atoms with Crippen LogP contribution in [0.5, 0.6) is 0 Å². The van der Waals surface area contributed by atoms with E-state index in [1.807, 2.05) is 12.1 Å². The molecule has 0 saturated heterocycles. The molecule has 1 aromatic rings. The van der Waals surface area contributed by atoms with E-state index in [2.05, 4.69) is 12.2 Å². The highest BCUT2D eigenvalue weighted by atomic mass is 35.5. The fourth-order valence-corrected chi connectivity index (χ4v) is 3.56. The maximum Gasteiger partial charge on any atom is 0.129 e. The normalized spacial score (nSPS) is 19.0. The van der Waals surface area contributed by atoms with E-state index in [9.17, 15) is 4.39 Å². The highest BCUT2D eigenvalue weighted by Crippen LogP contribution is 2.34. The molecule has 1 atom stereocenters. The molecule has 1 N–H and O–H groups in total. The smallest absolute Gasteiger partial charge is 0.129 e. The van der Waals surface area contributed by atoms with Gasteiger partial charge in [0.1, 0.15) is 5.82 Å². The Hall–Kier alpha value is -0.600. The van der Waals surface area contributed by atoms with Gasteiger partial charge in [-0.2, -0.15) is 0 Å². The van der Waals surface area contributed by atoms with Gasteiger partial charge in [0.2, 0.25) is 0 Å². The minimum Gasteiger partial charge on any atom is -0.310 e. The summed E-state index contributed by atoms with van der Waals surface area (Å²) in [5.41, 5.74) is 0.790. The van der Waals surface area contributed by atoms with Gasteiger partial charge in [0, 0.05) is 16.6 Å². The predicted octanol–water partition coefficient (Wildman–Crippen LogP) is 5.88. The molecule has 118 valence electrons. The van der Waals surface area contributed by atoms with Gasteiger partial charge in [-0.1, -0.05) is 56.7 Å². The van der Waals surface area contributed by atoms with Crippen LogP contribution in [0.25, 0.3) is 0 Å². The maximum atomic E-state index is 14.3. The molecular weight excluding hydrogens is 285 g/mol. The third kappa shape index (κ3) is 4.96. The Balaban J connectivity index is 2.18. The van der Waals surface area contributed by atoms with Gasteiger partial charge in [-0.05, 0) is 43.9 Å². The second-order valence-corrected chi connectivity index (χ2v) is 6.64. The van der Waals surface area contributed by atoms with Gasteiger partial charge in [0.05, 0.1) is 0 Å². The Kier molecular flexibility index (Phi) is 6.98. The van der Waals surface area contributed by atoms with Crippen LogP contribution in [0.2, 0.25) is 5.02 Å². The van der Waals surface area contributed by atoms with E-state index in [0.717, 1.165) is 18.5 Å². The highest BCUT2D eigenvalue weighted by Gasteiger charge is 2.25. The van der Waals surface area contributed by atoms with Crippen LogP contribution in [-0.2, 0) is 0 Å². The van der Waals surface area contributed by atoms with Gasteiger partial charge >= 0.3 is 0 Å². The van der Waals surface area contributed by atoms with Crippen molar-refractivity contribution in [3.63, 3.8) is 0 Å². The van der Waals surface area contributed by atoms with Gasteiger partial charge in [-0.3, -0.25) is 0 Å². The molecule has 2 rings (SSSR count). The molecule has 1 aliphatic carbocycles. The van der Waals surface area contributed by atoms with Crippen molar-refractivity contribution >= 4 is 11.6 Å². The van der Waals surface area contributed by atoms with E-state index >= 15 is 0 Å². The first-order valence-corrected chi connectivity index (χ1v) is 8.78. The minimum absolute atomic E-state index is 0.125. The largest absolute Gasteiger partial charge is 0.310 e. The minimum atomic E-state index is -0.168. The Labute approximate surface area is 133 Å². The average Bonchev–Trinajstić information content (AvgIpc) is 2.42. The molecule has 0 bridgehead atoms. The molecule has 1 aliphatic rings. The fraction of sp³-hybridized carbons (Fsp3) is 0.667. The monoisotopic (exact) mass is 311 g/mol. The fourth-order valence-electron chi connectivity index (χ4n) is 3.41. The number of halogens is 2. The van der Waals surface area contributed by atoms with E-state index < -0.39 is 0 Å². The van der Waals surface area contributed by atoms with Crippen molar-refractivity contribution < 1.29 is 4.39 Å². The van der Waals surface area contributed by atoms with Crippen molar-refractivity contribution in [3.05, 3.63) is 34.6 Å². The lowest BCUT2D eigenvalue weighted by Gasteiger charge is -2.30. The lowest BCUT2D eigenvalue weighted by molar-refractivity contribution is 0.283. The summed E-state index contributed by atoms with van der Waals surface area (Å²) < 4.78 is 14.3. The summed E-state index contributed by atoms with van der Waals surface area (Å²) >= 11 is 5.90. The predicted molar refractivity (Wildman–Crippen MR) is 88.3 cm³/mol. The molecule has 3 heteroatoms. The van der Waals surface area contributed by atoms with Gasteiger partial charge < -0.3 is 5.32 Å². The van der Waals surface area contributed by atoms with Crippen LogP contribution in [0.3, 0.4) is 0 Å². The zero-order valence-electron chi connectivity index (χ0n) is 13.0. The van der Waals surface area contributed by atoms with Gasteiger partial charge in [-0.15, -0.1) is 0 Å². The van der Waals surface area contributed by atoms with Crippen LogP contribution < -0.4 is 5.32 Å². The summed E-state index contributed by atoms with van der Waals surface area (Å²) in [6.45, 7) is 3.09. The standard InChI is InChI=1S/C18H27ClFN/c1-2-12-21-18(14-8-6-4-3-5-7-9-14)16-11-10-15(19)13-17(16)20/h10-11,13-14,18,21H,2-9,12H2,1H3. The number of rotatable bonds is 5. The van der Waals surface area contributed by atoms with Gasteiger partial charge in [0.25, 0.3) is 0 Å². The van der Waals surface area contributed by atoms with Gasteiger partial charge in [-0.25, -0.2) is 4.39 Å². The molecule has 1 nitrogen and oxygen atoms in total. The summed E-state index contributed by atoms with van der Waals surface area (Å²) in [4.78, 5) is 0. The molecule has 1 unspecified atom stereocenters. The summed E-state index contributed by atoms with van der Waals surface area (Å²) in [7, 11) is 0. The first-order valence-electron chi connectivity index (χ1n) is 8.40. The third-order valence-corrected chi connectivity index (χ3v) is 4.77. The zero-order valence-corrected chi connectivity index (χ0v) is 13.8. The summed E-state index contributed by atoms with van der Waals surface area (Å²) in [6.07, 6.45) is 10.00. The third-order valence-electron chi connectivity index (χ3n) is 4.53. The Morgan fingerprint density at radius 1 is 1.19 bits per heavy atom. The van der Waals surface area contributed by atoms with Crippen LogP contribution >= 0.6 is 11.6 Å². The molecule has 0 radical (unpaired) electrons. The van der Waals surface area contributed by atoms with Crippen LogP contribution in [0.15, 0.2) is 18.2 Å². The van der Waals surface area contributed by atoms with E-state index in [0.29, 0.717) is 10.9 Å². The van der Waals surface area contributed by atoms with Crippen molar-refractivity contribution in [2.24, 2.45) is 5.92 Å². The first-order chi connectivity index (χ1) is 10.2. The Morgan fingerprint density at radius 2 is 1.86 bits per heavy atom. The molecule has 1 fully saturated rings. The van der Waals surface area contributed by atoms with Gasteiger partial charge in [0.15, 0.2) is 0 Å². The van der Waals surface area contributed by atoms with Crippen molar-refractivity contribution in [1.82, 2.24) is 5.32 Å². The van der Waals surface area contributed by atoms with E-state index in [-0.39, 0.29) is 11.9 Å². The van der Waals surface area contributed by atoms with Crippen LogP contribution in [0.4, 0.5) is 4.39 Å². The zero-order chi connectivity index (χ0) is 15.1. The Bertz CT molecular complexity index is 427. The first kappa shape index (κ1) is 16.8. The summed E-state index contributed by atoms with van der Waals surface area (Å²) in [5.74, 6) is 0.366. The lowest BCUT2D eigenvalue weighted by atomic mass is 9.82. The van der Waals surface area contributed by atoms with E-state index in [1.54, 1.807) is 0 Å². The number of hydrogen-bond donors (Lipinski definition) is 1. The molecule has 0 aliphatic heterocycles. The molecular formula is C18H27ClFN. The van der Waals surface area contributed by atoms with E-state index in [1.165, 1.54) is 51.0 Å². The van der Waals surface area contributed by atoms with Crippen molar-refractivity contribution in [3.8, 4) is 0 Å². The summed E-state index contributed by atoms with van der Waals surface area (Å²) in [5, 5.41) is 4.06. The average molecular weight is 312 g/mol. The molecule has 21 heavy (non-hydrogen) atoms. The topological polar surface area (TPSA) is 12.0 Å². The highest BCUT2D eigenvalue weighted by molar-refractivity contribution is 6.30. The quantitative estimate of drug-likeness (QED) is 0.716. The van der Waals surface area contributed by atoms with Crippen LogP contribution in [0, 0.1) is 11.7 Å². The second kappa shape index (κ2) is 8.75. The number of nitrogens with one attached hydrogen (secondary N) is 1. The molecule has 0 aromatic heterocycles. The maximum absolute atomic E-state index is 14.3. The lowest BCUT2D eigenvalue weighted by Crippen LogP contribution is -2.30. The molecule has 1 aromatic carbocycles. The van der Waals surface area contributed by atoms with Crippen LogP contribution in [-0.4, -0.2) is 6.54 Å². The van der Waals surface area contributed by atoms with Crippen molar-refractivity contribution in [2.45, 2.75) is 64.3 Å². The molecule has 0 amide bonds. The second-order valence-electron chi connectivity index (χ2n) is 6.20. The van der Waals surface area contributed by atoms with Crippen molar-refractivity contribution in [2.75, 3.05) is 6.54 Å². The van der Waals surface area contributed by atoms with Crippen LogP contribution in [0.1, 0.15) is 69.9 Å². The SMILES string of the molecule is CCCNC(c1ccc(Cl)cc1F)C1CCCCCCC1.